The Kier molecular flexibility index (Phi) is 14.0. The van der Waals surface area contributed by atoms with Crippen LogP contribution in [0.25, 0.3) is 0 Å². The molecule has 0 aromatic heterocycles. The number of hydrogen-bond donors (Lipinski definition) is 2. The molecule has 12 nitrogen and oxygen atoms in total. The van der Waals surface area contributed by atoms with E-state index in [1.807, 2.05) is 27.7 Å². The van der Waals surface area contributed by atoms with Crippen LogP contribution in [-0.2, 0) is 23.7 Å². The number of ether oxygens (including phenoxy) is 6. The van der Waals surface area contributed by atoms with Crippen molar-refractivity contribution in [3.8, 4) is 11.5 Å². The van der Waals surface area contributed by atoms with Crippen LogP contribution in [0.5, 0.6) is 11.5 Å². The Balaban J connectivity index is 2.32. The second-order valence-electron chi connectivity index (χ2n) is 11.9. The van der Waals surface area contributed by atoms with Gasteiger partial charge in [-0.25, -0.2) is 14.4 Å². The summed E-state index contributed by atoms with van der Waals surface area (Å²) in [4.78, 5) is 49.4. The maximum Gasteiger partial charge on any atom is 0.514 e. The summed E-state index contributed by atoms with van der Waals surface area (Å²) < 4.78 is 32.1. The van der Waals surface area contributed by atoms with Crippen molar-refractivity contribution in [3.05, 3.63) is 23.8 Å². The lowest BCUT2D eigenvalue weighted by Gasteiger charge is -2.28. The molecule has 1 aromatic rings. The Morgan fingerprint density at radius 3 is 1.86 bits per heavy atom. The number of carboxylic acids is 1. The number of benzene rings is 1. The van der Waals surface area contributed by atoms with Gasteiger partial charge in [0.05, 0.1) is 6.61 Å². The highest BCUT2D eigenvalue weighted by molar-refractivity contribution is 5.75. The lowest BCUT2D eigenvalue weighted by Crippen LogP contribution is -2.40. The first-order valence-electron chi connectivity index (χ1n) is 14.9. The molecule has 4 unspecified atom stereocenters. The van der Waals surface area contributed by atoms with E-state index in [9.17, 15) is 24.3 Å². The van der Waals surface area contributed by atoms with Crippen LogP contribution in [0.2, 0.25) is 0 Å². The summed E-state index contributed by atoms with van der Waals surface area (Å²) in [6.07, 6.45) is 0.592. The van der Waals surface area contributed by atoms with Crippen LogP contribution >= 0.6 is 0 Å². The Morgan fingerprint density at radius 1 is 0.814 bits per heavy atom. The average molecular weight is 610 g/mol. The fraction of sp³-hybridized carbons (Fsp3) is 0.677. The highest BCUT2D eigenvalue weighted by Crippen LogP contribution is 2.36. The van der Waals surface area contributed by atoms with Crippen molar-refractivity contribution in [3.63, 3.8) is 0 Å². The molecule has 1 aliphatic carbocycles. The molecule has 0 saturated heterocycles. The van der Waals surface area contributed by atoms with Gasteiger partial charge in [0.2, 0.25) is 0 Å². The van der Waals surface area contributed by atoms with E-state index >= 15 is 0 Å². The Morgan fingerprint density at radius 2 is 1.35 bits per heavy atom. The summed E-state index contributed by atoms with van der Waals surface area (Å²) in [6, 6.07) is 2.77. The molecule has 0 amide bonds. The maximum atomic E-state index is 12.6. The van der Waals surface area contributed by atoms with Gasteiger partial charge in [0.25, 0.3) is 0 Å². The minimum atomic E-state index is -1.42. The van der Waals surface area contributed by atoms with Gasteiger partial charge in [0.15, 0.2) is 11.5 Å². The van der Waals surface area contributed by atoms with Crippen LogP contribution in [0, 0.1) is 17.8 Å². The van der Waals surface area contributed by atoms with Gasteiger partial charge >= 0.3 is 24.4 Å². The molecule has 1 fully saturated rings. The molecule has 0 heterocycles. The summed E-state index contributed by atoms with van der Waals surface area (Å²) in [5.74, 6) is -3.13. The lowest BCUT2D eigenvalue weighted by atomic mass is 9.82. The van der Waals surface area contributed by atoms with Gasteiger partial charge < -0.3 is 39.3 Å². The number of carboxylic acid groups (broad SMARTS) is 1. The second kappa shape index (κ2) is 16.9. The van der Waals surface area contributed by atoms with E-state index in [4.69, 9.17) is 34.2 Å². The highest BCUT2D eigenvalue weighted by atomic mass is 16.8. The number of aliphatic carboxylic acids is 1. The molecule has 242 valence electrons. The van der Waals surface area contributed by atoms with Gasteiger partial charge in [0, 0.05) is 5.92 Å². The minimum absolute atomic E-state index is 0.00528. The monoisotopic (exact) mass is 609 g/mol. The number of carbonyl (C=O) groups is 4. The molecule has 0 radical (unpaired) electrons. The van der Waals surface area contributed by atoms with Crippen LogP contribution in [0.4, 0.5) is 14.4 Å². The zero-order valence-electron chi connectivity index (χ0n) is 26.2. The van der Waals surface area contributed by atoms with Gasteiger partial charge in [-0.3, -0.25) is 4.79 Å². The van der Waals surface area contributed by atoms with Crippen LogP contribution in [0.1, 0.15) is 92.1 Å². The number of hydrogen-bond acceptors (Lipinski definition) is 11. The van der Waals surface area contributed by atoms with Crippen molar-refractivity contribution in [1.29, 1.82) is 0 Å². The first kappa shape index (κ1) is 35.7. The van der Waals surface area contributed by atoms with Crippen molar-refractivity contribution in [2.75, 3.05) is 6.61 Å². The van der Waals surface area contributed by atoms with Crippen LogP contribution < -0.4 is 15.2 Å². The predicted molar refractivity (Wildman–Crippen MR) is 156 cm³/mol. The predicted octanol–water partition coefficient (Wildman–Crippen LogP) is 6.42. The number of rotatable bonds is 13. The fourth-order valence-corrected chi connectivity index (χ4v) is 4.40. The molecule has 12 heteroatoms. The van der Waals surface area contributed by atoms with Gasteiger partial charge in [-0.15, -0.1) is 0 Å². The summed E-state index contributed by atoms with van der Waals surface area (Å²) in [5, 5.41) is 9.78. The lowest BCUT2D eigenvalue weighted by molar-refractivity contribution is -0.139. The molecule has 1 saturated carbocycles. The van der Waals surface area contributed by atoms with E-state index in [-0.39, 0.29) is 36.0 Å². The molecule has 0 aliphatic heterocycles. The van der Waals surface area contributed by atoms with Crippen molar-refractivity contribution in [2.24, 2.45) is 23.5 Å². The summed E-state index contributed by atoms with van der Waals surface area (Å²) >= 11 is 0. The minimum Gasteiger partial charge on any atom is -0.480 e. The Bertz CT molecular complexity index is 1080. The van der Waals surface area contributed by atoms with E-state index in [0.717, 1.165) is 32.1 Å². The zero-order chi connectivity index (χ0) is 32.3. The molecule has 1 aromatic carbocycles. The summed E-state index contributed by atoms with van der Waals surface area (Å²) in [7, 11) is 0. The van der Waals surface area contributed by atoms with E-state index < -0.39 is 54.5 Å². The Hall–Kier alpha value is -3.54. The molecule has 0 spiro atoms. The van der Waals surface area contributed by atoms with Crippen LogP contribution in [0.3, 0.4) is 0 Å². The van der Waals surface area contributed by atoms with E-state index in [2.05, 4.69) is 0 Å². The van der Waals surface area contributed by atoms with E-state index in [1.54, 1.807) is 20.8 Å². The summed E-state index contributed by atoms with van der Waals surface area (Å²) in [6.45, 7) is 12.4. The zero-order valence-corrected chi connectivity index (χ0v) is 26.2. The molecule has 1 aliphatic rings. The standard InChI is InChI=1S/C31H47NO11/c1-17(2)20(6)39-30(36)42-24-14-13-22(15-25(24)43-31(37)40-21(7)18(3)4)26(27(32)28(33)34)19(5)16-38-29(35)41-23-11-9-8-10-12-23/h13-15,17-21,23,26-27H,8-12,16,32H2,1-7H3,(H,33,34)/t19?,20?,21?,26?,27-/m0/s1. The van der Waals surface area contributed by atoms with Crippen LogP contribution in [-0.4, -0.2) is 60.5 Å². The van der Waals surface area contributed by atoms with Crippen molar-refractivity contribution >= 4 is 24.4 Å². The third kappa shape index (κ3) is 11.6. The van der Waals surface area contributed by atoms with E-state index in [0.29, 0.717) is 5.56 Å². The van der Waals surface area contributed by atoms with Crippen molar-refractivity contribution in [1.82, 2.24) is 0 Å². The smallest absolute Gasteiger partial charge is 0.480 e. The first-order chi connectivity index (χ1) is 20.2. The fourth-order valence-electron chi connectivity index (χ4n) is 4.40. The number of nitrogens with two attached hydrogens (primary N) is 1. The third-order valence-corrected chi connectivity index (χ3v) is 7.75. The largest absolute Gasteiger partial charge is 0.514 e. The molecule has 2 rings (SSSR count). The van der Waals surface area contributed by atoms with Gasteiger partial charge in [0.1, 0.15) is 24.4 Å². The topological polar surface area (TPSA) is 170 Å². The molecule has 43 heavy (non-hydrogen) atoms. The number of carbonyl (C=O) groups excluding carboxylic acids is 3. The van der Waals surface area contributed by atoms with Gasteiger partial charge in [-0.2, -0.15) is 0 Å². The summed E-state index contributed by atoms with van der Waals surface area (Å²) in [5.41, 5.74) is 6.43. The third-order valence-electron chi connectivity index (χ3n) is 7.75. The van der Waals surface area contributed by atoms with Gasteiger partial charge in [-0.05, 0) is 75.0 Å². The first-order valence-corrected chi connectivity index (χ1v) is 14.9. The SMILES string of the molecule is CC(C)C(C)OC(=O)Oc1ccc(C(C(C)COC(=O)OC2CCCCC2)[C@H](N)C(=O)O)cc1OC(=O)OC(C)C(C)C. The quantitative estimate of drug-likeness (QED) is 0.143. The van der Waals surface area contributed by atoms with Crippen LogP contribution in [0.15, 0.2) is 18.2 Å². The molecular weight excluding hydrogens is 562 g/mol. The maximum absolute atomic E-state index is 12.6. The average Bonchev–Trinajstić information content (AvgIpc) is 2.93. The second-order valence-corrected chi connectivity index (χ2v) is 11.9. The normalized spacial score (nSPS) is 17.3. The van der Waals surface area contributed by atoms with Crippen molar-refractivity contribution < 1.29 is 52.7 Å². The van der Waals surface area contributed by atoms with E-state index in [1.165, 1.54) is 18.2 Å². The molecular formula is C31H47NO11. The van der Waals surface area contributed by atoms with Gasteiger partial charge in [-0.1, -0.05) is 47.1 Å². The van der Waals surface area contributed by atoms with Crippen molar-refractivity contribution in [2.45, 2.75) is 111 Å². The highest BCUT2D eigenvalue weighted by Gasteiger charge is 2.33. The molecule has 3 N–H and O–H groups in total. The molecule has 5 atom stereocenters. The molecule has 0 bridgehead atoms. The Labute approximate surface area is 253 Å².